The van der Waals surface area contributed by atoms with Crippen molar-refractivity contribution in [1.29, 1.82) is 0 Å². The van der Waals surface area contributed by atoms with Crippen molar-refractivity contribution in [1.82, 2.24) is 9.97 Å². The fourth-order valence-corrected chi connectivity index (χ4v) is 1.35. The quantitative estimate of drug-likeness (QED) is 0.766. The Hall–Kier alpha value is -1.56. The Morgan fingerprint density at radius 1 is 1.33 bits per heavy atom. The molecule has 15 heavy (non-hydrogen) atoms. The maximum atomic E-state index is 12.3. The second-order valence-corrected chi connectivity index (χ2v) is 3.06. The predicted molar refractivity (Wildman–Crippen MR) is 47.0 cm³/mol. The van der Waals surface area contributed by atoms with Crippen LogP contribution in [0.3, 0.4) is 0 Å². The number of aliphatic hydroxyl groups is 1. The summed E-state index contributed by atoms with van der Waals surface area (Å²) in [4.78, 5) is 6.00. The van der Waals surface area contributed by atoms with E-state index in [0.29, 0.717) is 10.9 Å². The van der Waals surface area contributed by atoms with Crippen molar-refractivity contribution in [3.05, 3.63) is 29.6 Å². The lowest BCUT2D eigenvalue weighted by molar-refractivity contribution is -0.141. The Morgan fingerprint density at radius 3 is 2.67 bits per heavy atom. The summed E-state index contributed by atoms with van der Waals surface area (Å²) in [6.07, 6.45) is -3.00. The van der Waals surface area contributed by atoms with Crippen molar-refractivity contribution in [2.45, 2.75) is 12.8 Å². The number of aliphatic hydroxyl groups excluding tert-OH is 1. The fourth-order valence-electron chi connectivity index (χ4n) is 1.35. The van der Waals surface area contributed by atoms with Crippen LogP contribution in [0.2, 0.25) is 0 Å². The van der Waals surface area contributed by atoms with Gasteiger partial charge < -0.3 is 10.1 Å². The number of alkyl halides is 3. The standard InChI is InChI=1S/C9H7F3N2O/c10-9(11,12)7-2-1-6-5(4-15)3-13-8(6)14-7/h1-3,15H,4H2,(H,13,14). The molecule has 2 aromatic heterocycles. The summed E-state index contributed by atoms with van der Waals surface area (Å²) in [6, 6.07) is 2.20. The van der Waals surface area contributed by atoms with E-state index < -0.39 is 11.9 Å². The number of rotatable bonds is 1. The average molecular weight is 216 g/mol. The van der Waals surface area contributed by atoms with Crippen LogP contribution in [-0.4, -0.2) is 15.1 Å². The minimum atomic E-state index is -4.45. The fraction of sp³-hybridized carbons (Fsp3) is 0.222. The van der Waals surface area contributed by atoms with Gasteiger partial charge in [0.1, 0.15) is 11.3 Å². The molecule has 0 saturated carbocycles. The zero-order valence-corrected chi connectivity index (χ0v) is 7.47. The molecule has 2 aromatic rings. The van der Waals surface area contributed by atoms with Crippen molar-refractivity contribution in [3.8, 4) is 0 Å². The summed E-state index contributed by atoms with van der Waals surface area (Å²) < 4.78 is 36.8. The van der Waals surface area contributed by atoms with E-state index in [-0.39, 0.29) is 12.3 Å². The SMILES string of the molecule is OCc1c[nH]c2nc(C(F)(F)F)ccc12. The molecule has 0 spiro atoms. The van der Waals surface area contributed by atoms with Crippen molar-refractivity contribution < 1.29 is 18.3 Å². The van der Waals surface area contributed by atoms with E-state index in [0.717, 1.165) is 6.07 Å². The Labute approximate surface area is 82.6 Å². The van der Waals surface area contributed by atoms with Gasteiger partial charge in [-0.05, 0) is 12.1 Å². The highest BCUT2D eigenvalue weighted by Crippen LogP contribution is 2.29. The van der Waals surface area contributed by atoms with E-state index in [1.54, 1.807) is 0 Å². The summed E-state index contributed by atoms with van der Waals surface area (Å²) in [5.74, 6) is 0. The van der Waals surface area contributed by atoms with Gasteiger partial charge in [-0.15, -0.1) is 0 Å². The van der Waals surface area contributed by atoms with Gasteiger partial charge in [-0.1, -0.05) is 0 Å². The molecule has 0 radical (unpaired) electrons. The zero-order valence-electron chi connectivity index (χ0n) is 7.47. The van der Waals surface area contributed by atoms with Crippen LogP contribution in [0.1, 0.15) is 11.3 Å². The number of aromatic nitrogens is 2. The summed E-state index contributed by atoms with van der Waals surface area (Å²) >= 11 is 0. The van der Waals surface area contributed by atoms with Gasteiger partial charge in [-0.25, -0.2) is 4.98 Å². The van der Waals surface area contributed by atoms with E-state index in [1.165, 1.54) is 12.3 Å². The van der Waals surface area contributed by atoms with Crippen LogP contribution in [0.4, 0.5) is 13.2 Å². The molecule has 6 heteroatoms. The summed E-state index contributed by atoms with van der Waals surface area (Å²) in [5.41, 5.74) is -0.276. The van der Waals surface area contributed by atoms with Crippen molar-refractivity contribution in [2.24, 2.45) is 0 Å². The average Bonchev–Trinajstić information content (AvgIpc) is 2.58. The van der Waals surface area contributed by atoms with Gasteiger partial charge in [0.2, 0.25) is 0 Å². The summed E-state index contributed by atoms with van der Waals surface area (Å²) in [7, 11) is 0. The molecule has 0 saturated heterocycles. The Morgan fingerprint density at radius 2 is 2.07 bits per heavy atom. The Balaban J connectivity index is 2.58. The zero-order chi connectivity index (χ0) is 11.1. The molecule has 0 aliphatic heterocycles. The first-order valence-corrected chi connectivity index (χ1v) is 4.17. The molecule has 0 aliphatic rings. The van der Waals surface area contributed by atoms with Crippen molar-refractivity contribution in [2.75, 3.05) is 0 Å². The summed E-state index contributed by atoms with van der Waals surface area (Å²) in [6.45, 7) is -0.229. The summed E-state index contributed by atoms with van der Waals surface area (Å²) in [5, 5.41) is 9.39. The molecule has 3 nitrogen and oxygen atoms in total. The maximum absolute atomic E-state index is 12.3. The third kappa shape index (κ3) is 1.68. The number of halogens is 3. The molecule has 0 bridgehead atoms. The van der Waals surface area contributed by atoms with Crippen LogP contribution in [0.5, 0.6) is 0 Å². The number of aromatic amines is 1. The van der Waals surface area contributed by atoms with Gasteiger partial charge in [0.05, 0.1) is 6.61 Å². The third-order valence-corrected chi connectivity index (χ3v) is 2.09. The van der Waals surface area contributed by atoms with Gasteiger partial charge in [0, 0.05) is 17.1 Å². The molecule has 0 amide bonds. The lowest BCUT2D eigenvalue weighted by Crippen LogP contribution is -2.07. The molecule has 2 heterocycles. The monoisotopic (exact) mass is 216 g/mol. The largest absolute Gasteiger partial charge is 0.433 e. The smallest absolute Gasteiger partial charge is 0.392 e. The van der Waals surface area contributed by atoms with Crippen LogP contribution >= 0.6 is 0 Å². The van der Waals surface area contributed by atoms with Gasteiger partial charge >= 0.3 is 6.18 Å². The number of hydrogen-bond donors (Lipinski definition) is 2. The molecule has 0 aromatic carbocycles. The third-order valence-electron chi connectivity index (χ3n) is 2.09. The number of fused-ring (bicyclic) bond motifs is 1. The second-order valence-electron chi connectivity index (χ2n) is 3.06. The molecule has 0 fully saturated rings. The van der Waals surface area contributed by atoms with Gasteiger partial charge in [0.25, 0.3) is 0 Å². The highest BCUT2D eigenvalue weighted by molar-refractivity contribution is 5.79. The highest BCUT2D eigenvalue weighted by Gasteiger charge is 2.32. The Bertz CT molecular complexity index is 490. The minimum absolute atomic E-state index is 0.133. The lowest BCUT2D eigenvalue weighted by atomic mass is 10.2. The topological polar surface area (TPSA) is 48.9 Å². The molecule has 0 aliphatic carbocycles. The number of hydrogen-bond acceptors (Lipinski definition) is 2. The normalized spacial score (nSPS) is 12.3. The van der Waals surface area contributed by atoms with Crippen molar-refractivity contribution >= 4 is 11.0 Å². The molecular formula is C9H7F3N2O. The predicted octanol–water partition coefficient (Wildman–Crippen LogP) is 2.07. The molecule has 0 unspecified atom stereocenters. The molecule has 2 N–H and O–H groups in total. The van der Waals surface area contributed by atoms with Crippen LogP contribution < -0.4 is 0 Å². The van der Waals surface area contributed by atoms with Crippen LogP contribution in [0, 0.1) is 0 Å². The van der Waals surface area contributed by atoms with Gasteiger partial charge in [0.15, 0.2) is 0 Å². The first-order valence-electron chi connectivity index (χ1n) is 4.17. The minimum Gasteiger partial charge on any atom is -0.392 e. The highest BCUT2D eigenvalue weighted by atomic mass is 19.4. The van der Waals surface area contributed by atoms with E-state index >= 15 is 0 Å². The van der Waals surface area contributed by atoms with Crippen LogP contribution in [0.25, 0.3) is 11.0 Å². The van der Waals surface area contributed by atoms with Gasteiger partial charge in [-0.2, -0.15) is 13.2 Å². The lowest BCUT2D eigenvalue weighted by Gasteiger charge is -2.04. The van der Waals surface area contributed by atoms with E-state index in [4.69, 9.17) is 5.11 Å². The molecule has 80 valence electrons. The van der Waals surface area contributed by atoms with Crippen LogP contribution in [-0.2, 0) is 12.8 Å². The molecule has 2 rings (SSSR count). The number of H-pyrrole nitrogens is 1. The number of nitrogens with one attached hydrogen (secondary N) is 1. The maximum Gasteiger partial charge on any atom is 0.433 e. The van der Waals surface area contributed by atoms with Crippen LogP contribution in [0.15, 0.2) is 18.3 Å². The van der Waals surface area contributed by atoms with E-state index in [1.807, 2.05) is 0 Å². The first-order chi connectivity index (χ1) is 7.02. The van der Waals surface area contributed by atoms with E-state index in [2.05, 4.69) is 9.97 Å². The van der Waals surface area contributed by atoms with Crippen molar-refractivity contribution in [3.63, 3.8) is 0 Å². The van der Waals surface area contributed by atoms with E-state index in [9.17, 15) is 13.2 Å². The first kappa shape index (κ1) is 9.97. The second kappa shape index (κ2) is 3.23. The number of pyridine rings is 1. The Kier molecular flexibility index (Phi) is 2.15. The molecular weight excluding hydrogens is 209 g/mol. The van der Waals surface area contributed by atoms with Gasteiger partial charge in [-0.3, -0.25) is 0 Å². The molecule has 0 atom stereocenters. The number of nitrogens with zero attached hydrogens (tertiary/aromatic N) is 1.